The maximum absolute atomic E-state index is 12.4. The molecule has 1 aromatic carbocycles. The van der Waals surface area contributed by atoms with E-state index in [4.69, 9.17) is 4.74 Å². The van der Waals surface area contributed by atoms with Crippen molar-refractivity contribution in [2.24, 2.45) is 26.2 Å². The second kappa shape index (κ2) is 7.58. The predicted octanol–water partition coefficient (Wildman–Crippen LogP) is 0.746. The fourth-order valence-corrected chi connectivity index (χ4v) is 2.71. The van der Waals surface area contributed by atoms with Gasteiger partial charge in [0.05, 0.1) is 10.6 Å². The van der Waals surface area contributed by atoms with Gasteiger partial charge in [0.25, 0.3) is 5.56 Å². The number of benzene rings is 1. The number of hydrogen-bond acceptors (Lipinski definition) is 8. The van der Waals surface area contributed by atoms with Crippen LogP contribution < -0.4 is 21.4 Å². The van der Waals surface area contributed by atoms with E-state index in [1.54, 1.807) is 26.1 Å². The molecule has 0 amide bonds. The number of nitrogens with zero attached hydrogens (tertiary/aromatic N) is 6. The molecule has 2 aromatic heterocycles. The highest BCUT2D eigenvalue weighted by atomic mass is 16.6. The second-order valence-electron chi connectivity index (χ2n) is 6.34. The highest BCUT2D eigenvalue weighted by molar-refractivity contribution is 5.84. The van der Waals surface area contributed by atoms with Gasteiger partial charge in [0, 0.05) is 27.2 Å². The maximum atomic E-state index is 12.4. The van der Waals surface area contributed by atoms with Crippen molar-refractivity contribution >= 4 is 28.5 Å². The summed E-state index contributed by atoms with van der Waals surface area (Å²) in [6.07, 6.45) is 0. The van der Waals surface area contributed by atoms with E-state index in [-0.39, 0.29) is 35.2 Å². The van der Waals surface area contributed by atoms with E-state index >= 15 is 0 Å². The molecule has 3 aromatic rings. The number of hydrogen-bond donors (Lipinski definition) is 1. The van der Waals surface area contributed by atoms with Gasteiger partial charge >= 0.3 is 11.4 Å². The number of aryl methyl sites for hydroxylation is 2. The Balaban J connectivity index is 1.82. The summed E-state index contributed by atoms with van der Waals surface area (Å²) in [6.45, 7) is 1.67. The standard InChI is InChI=1S/C17H19N7O5/c1-10(9-29-12-8-6-5-7-11(12)24(27)28)19-20-16-18-14-13(21(16)2)15(25)23(4)17(26)22(14)3/h5-8H,9H2,1-4H3,(H,18,20). The lowest BCUT2D eigenvalue weighted by Crippen LogP contribution is -2.37. The molecular formula is C17H19N7O5. The van der Waals surface area contributed by atoms with E-state index in [1.807, 2.05) is 0 Å². The van der Waals surface area contributed by atoms with Gasteiger partial charge in [-0.05, 0) is 13.0 Å². The summed E-state index contributed by atoms with van der Waals surface area (Å²) in [6, 6.07) is 6.04. The summed E-state index contributed by atoms with van der Waals surface area (Å²) in [5.74, 6) is 0.386. The second-order valence-corrected chi connectivity index (χ2v) is 6.34. The average Bonchev–Trinajstić information content (AvgIpc) is 3.04. The Morgan fingerprint density at radius 3 is 2.59 bits per heavy atom. The zero-order valence-corrected chi connectivity index (χ0v) is 16.2. The number of fused-ring (bicyclic) bond motifs is 1. The van der Waals surface area contributed by atoms with Gasteiger partial charge in [0.1, 0.15) is 6.61 Å². The first kappa shape index (κ1) is 19.8. The third-order valence-corrected chi connectivity index (χ3v) is 4.32. The van der Waals surface area contributed by atoms with Crippen molar-refractivity contribution < 1.29 is 9.66 Å². The molecule has 0 saturated carbocycles. The van der Waals surface area contributed by atoms with Crippen LogP contribution in [0.5, 0.6) is 5.75 Å². The van der Waals surface area contributed by atoms with E-state index in [0.717, 1.165) is 4.57 Å². The number of para-hydroxylation sites is 2. The van der Waals surface area contributed by atoms with Crippen LogP contribution in [-0.4, -0.2) is 35.9 Å². The third-order valence-electron chi connectivity index (χ3n) is 4.32. The molecule has 0 aliphatic rings. The number of aromatic nitrogens is 4. The van der Waals surface area contributed by atoms with Gasteiger partial charge in [-0.25, -0.2) is 10.2 Å². The van der Waals surface area contributed by atoms with Crippen molar-refractivity contribution in [2.75, 3.05) is 12.0 Å². The molecule has 29 heavy (non-hydrogen) atoms. The number of nitro groups is 1. The summed E-state index contributed by atoms with van der Waals surface area (Å²) in [7, 11) is 4.54. The van der Waals surface area contributed by atoms with E-state index in [0.29, 0.717) is 5.71 Å². The van der Waals surface area contributed by atoms with Crippen LogP contribution in [0.15, 0.2) is 39.0 Å². The number of anilines is 1. The summed E-state index contributed by atoms with van der Waals surface area (Å²) >= 11 is 0. The van der Waals surface area contributed by atoms with Crippen molar-refractivity contribution in [2.45, 2.75) is 6.92 Å². The first-order valence-corrected chi connectivity index (χ1v) is 8.50. The Bertz CT molecular complexity index is 1250. The van der Waals surface area contributed by atoms with Crippen molar-refractivity contribution in [1.29, 1.82) is 0 Å². The molecule has 0 unspecified atom stereocenters. The molecular weight excluding hydrogens is 382 g/mol. The topological polar surface area (TPSA) is 139 Å². The summed E-state index contributed by atoms with van der Waals surface area (Å²) < 4.78 is 9.24. The molecule has 3 rings (SSSR count). The minimum absolute atomic E-state index is 0.00203. The van der Waals surface area contributed by atoms with Gasteiger partial charge < -0.3 is 9.30 Å². The molecule has 0 aliphatic heterocycles. The van der Waals surface area contributed by atoms with Crippen LogP contribution >= 0.6 is 0 Å². The maximum Gasteiger partial charge on any atom is 0.332 e. The van der Waals surface area contributed by atoms with Crippen molar-refractivity contribution in [3.63, 3.8) is 0 Å². The monoisotopic (exact) mass is 401 g/mol. The molecule has 12 heteroatoms. The fourth-order valence-electron chi connectivity index (χ4n) is 2.71. The third kappa shape index (κ3) is 3.59. The molecule has 0 spiro atoms. The van der Waals surface area contributed by atoms with Gasteiger partial charge in [0.15, 0.2) is 16.9 Å². The molecule has 0 fully saturated rings. The van der Waals surface area contributed by atoms with Crippen LogP contribution in [0, 0.1) is 10.1 Å². The number of nitro benzene ring substituents is 1. The van der Waals surface area contributed by atoms with Crippen molar-refractivity contribution in [3.8, 4) is 5.75 Å². The Labute approximate surface area is 163 Å². The highest BCUT2D eigenvalue weighted by Gasteiger charge is 2.17. The smallest absolute Gasteiger partial charge is 0.332 e. The van der Waals surface area contributed by atoms with E-state index in [2.05, 4.69) is 15.5 Å². The highest BCUT2D eigenvalue weighted by Crippen LogP contribution is 2.25. The van der Waals surface area contributed by atoms with Gasteiger partial charge in [-0.2, -0.15) is 10.1 Å². The first-order valence-electron chi connectivity index (χ1n) is 8.50. The molecule has 0 saturated heterocycles. The molecule has 0 atom stereocenters. The molecule has 0 bridgehead atoms. The number of imidazole rings is 1. The largest absolute Gasteiger partial charge is 0.481 e. The molecule has 1 N–H and O–H groups in total. The number of rotatable bonds is 6. The van der Waals surface area contributed by atoms with Crippen LogP contribution in [0.4, 0.5) is 11.6 Å². The lowest BCUT2D eigenvalue weighted by Gasteiger charge is -2.07. The van der Waals surface area contributed by atoms with Crippen LogP contribution in [0.3, 0.4) is 0 Å². The fraction of sp³-hybridized carbons (Fsp3) is 0.294. The van der Waals surface area contributed by atoms with Gasteiger partial charge in [-0.3, -0.25) is 24.0 Å². The van der Waals surface area contributed by atoms with Crippen LogP contribution in [0.1, 0.15) is 6.92 Å². The molecule has 12 nitrogen and oxygen atoms in total. The lowest BCUT2D eigenvalue weighted by molar-refractivity contribution is -0.385. The Hall–Kier alpha value is -3.96. The number of ether oxygens (including phenoxy) is 1. The number of nitrogens with one attached hydrogen (secondary N) is 1. The minimum Gasteiger partial charge on any atom is -0.481 e. The number of hydrazone groups is 1. The minimum atomic E-state index is -0.524. The Morgan fingerprint density at radius 1 is 1.21 bits per heavy atom. The SMILES string of the molecule is CC(COc1ccccc1[N+](=O)[O-])=NNc1nc2c(c(=O)n(C)c(=O)n2C)n1C. The quantitative estimate of drug-likeness (QED) is 0.365. The Kier molecular flexibility index (Phi) is 5.17. The lowest BCUT2D eigenvalue weighted by atomic mass is 10.3. The van der Waals surface area contributed by atoms with E-state index in [9.17, 15) is 19.7 Å². The van der Waals surface area contributed by atoms with Gasteiger partial charge in [0.2, 0.25) is 5.95 Å². The predicted molar refractivity (Wildman–Crippen MR) is 107 cm³/mol. The summed E-state index contributed by atoms with van der Waals surface area (Å²) in [4.78, 5) is 39.2. The molecule has 152 valence electrons. The normalized spacial score (nSPS) is 11.7. The van der Waals surface area contributed by atoms with Crippen molar-refractivity contribution in [1.82, 2.24) is 18.7 Å². The van der Waals surface area contributed by atoms with Crippen LogP contribution in [0.2, 0.25) is 0 Å². The van der Waals surface area contributed by atoms with E-state index in [1.165, 1.54) is 35.4 Å². The van der Waals surface area contributed by atoms with E-state index < -0.39 is 16.2 Å². The van der Waals surface area contributed by atoms with Crippen LogP contribution in [-0.2, 0) is 21.1 Å². The molecule has 0 radical (unpaired) electrons. The van der Waals surface area contributed by atoms with Gasteiger partial charge in [-0.15, -0.1) is 0 Å². The average molecular weight is 401 g/mol. The summed E-state index contributed by atoms with van der Waals surface area (Å²) in [5.41, 5.74) is 2.61. The zero-order valence-electron chi connectivity index (χ0n) is 16.2. The van der Waals surface area contributed by atoms with Crippen molar-refractivity contribution in [3.05, 3.63) is 55.2 Å². The summed E-state index contributed by atoms with van der Waals surface area (Å²) in [5, 5.41) is 15.2. The first-order chi connectivity index (χ1) is 13.7. The molecule has 2 heterocycles. The van der Waals surface area contributed by atoms with Crippen LogP contribution in [0.25, 0.3) is 11.2 Å². The van der Waals surface area contributed by atoms with Gasteiger partial charge in [-0.1, -0.05) is 12.1 Å². The zero-order chi connectivity index (χ0) is 21.3. The Morgan fingerprint density at radius 2 is 1.90 bits per heavy atom. The molecule has 0 aliphatic carbocycles.